The van der Waals surface area contributed by atoms with Crippen molar-refractivity contribution in [1.29, 1.82) is 0 Å². The van der Waals surface area contributed by atoms with Crippen LogP contribution in [0.2, 0.25) is 0 Å². The van der Waals surface area contributed by atoms with E-state index in [0.29, 0.717) is 0 Å². The molecule has 0 nitrogen and oxygen atoms in total. The summed E-state index contributed by atoms with van der Waals surface area (Å²) in [4.78, 5) is 0. The van der Waals surface area contributed by atoms with E-state index in [9.17, 15) is 0 Å². The Hall–Kier alpha value is 3.59. The van der Waals surface area contributed by atoms with Crippen LogP contribution in [0.15, 0.2) is 0 Å². The molecular weight excluding hydrogens is 541 g/mol. The summed E-state index contributed by atoms with van der Waals surface area (Å²) in [6, 6.07) is 0. The first-order valence-corrected chi connectivity index (χ1v) is 15.7. The van der Waals surface area contributed by atoms with Gasteiger partial charge in [0, 0.05) is 0 Å². The molecule has 0 N–H and O–H groups in total. The molecule has 0 aliphatic carbocycles. The van der Waals surface area contributed by atoms with Crippen molar-refractivity contribution in [2.24, 2.45) is 0 Å². The summed E-state index contributed by atoms with van der Waals surface area (Å²) >= 11 is 8.39. The summed E-state index contributed by atoms with van der Waals surface area (Å²) in [6.45, 7) is 0. The Morgan fingerprint density at radius 1 is 1.20 bits per heavy atom. The molecule has 0 unspecified atom stereocenters. The Balaban J connectivity index is 3.47. The zero-order chi connectivity index (χ0) is 4.50. The second-order valence-corrected chi connectivity index (χ2v) is 69.3. The molecule has 32 valence electrons. The molecule has 0 aromatic rings. The van der Waals surface area contributed by atoms with Crippen LogP contribution in [0.5, 0.6) is 0 Å². The summed E-state index contributed by atoms with van der Waals surface area (Å²) in [5.74, 6) is 0. The molecule has 0 atom stereocenters. The molecular formula is H3PTe4. The van der Waals surface area contributed by atoms with Crippen molar-refractivity contribution < 1.29 is 0 Å². The number of rotatable bonds is 0. The topological polar surface area (TPSA) is 0 Å². The fraction of sp³-hybridized carbons (Fsp3) is 0. The van der Waals surface area contributed by atoms with Gasteiger partial charge in [0.25, 0.3) is 0 Å². The average Bonchev–Trinajstić information content (AvgIpc) is 0.722. The van der Waals surface area contributed by atoms with Crippen molar-refractivity contribution >= 4 is 84.0 Å². The van der Waals surface area contributed by atoms with E-state index in [0.717, 1.165) is 0 Å². The van der Waals surface area contributed by atoms with Crippen LogP contribution in [0.3, 0.4) is 0 Å². The van der Waals surface area contributed by atoms with Gasteiger partial charge < -0.3 is 0 Å². The quantitative estimate of drug-likeness (QED) is 0.259. The van der Waals surface area contributed by atoms with E-state index in [-0.39, 0.29) is -2.44 Å². The molecule has 0 heterocycles. The Kier molecular flexibility index (Phi) is 6.15. The summed E-state index contributed by atoms with van der Waals surface area (Å²) in [5, 5.41) is 0. The van der Waals surface area contributed by atoms with Gasteiger partial charge in [-0.3, -0.25) is 0 Å². The third-order valence-corrected chi connectivity index (χ3v) is 0. The molecule has 5 heavy (non-hydrogen) atoms. The van der Waals surface area contributed by atoms with Crippen LogP contribution < -0.4 is 0 Å². The molecule has 0 amide bonds. The van der Waals surface area contributed by atoms with Crippen molar-refractivity contribution in [2.75, 3.05) is 0 Å². The predicted octanol–water partition coefficient (Wildman–Crippen LogP) is -1.47. The molecule has 0 bridgehead atoms. The first-order valence-electron chi connectivity index (χ1n) is 0.783. The van der Waals surface area contributed by atoms with E-state index >= 15 is 0 Å². The van der Waals surface area contributed by atoms with Crippen LogP contribution in [0, 0.1) is 0 Å². The van der Waals surface area contributed by atoms with E-state index in [1.807, 2.05) is 65.2 Å². The van der Waals surface area contributed by atoms with Gasteiger partial charge >= 0.3 is 84.0 Å². The first kappa shape index (κ1) is 8.59. The predicted molar refractivity (Wildman–Crippen MR) is 34.1 cm³/mol. The van der Waals surface area contributed by atoms with Gasteiger partial charge in [-0.25, -0.2) is 0 Å². The van der Waals surface area contributed by atoms with Crippen LogP contribution in [-0.4, -0.2) is 86.5 Å². The van der Waals surface area contributed by atoms with Gasteiger partial charge in [0.1, 0.15) is 0 Å². The van der Waals surface area contributed by atoms with E-state index in [1.165, 1.54) is 0 Å². The Labute approximate surface area is 82.0 Å². The van der Waals surface area contributed by atoms with E-state index in [1.54, 1.807) is 0 Å². The minimum atomic E-state index is -0.229. The molecule has 0 fully saturated rings. The van der Waals surface area contributed by atoms with Crippen molar-refractivity contribution in [1.82, 2.24) is 0 Å². The third kappa shape index (κ3) is 18.4. The molecule has 0 rings (SSSR count). The van der Waals surface area contributed by atoms with Gasteiger partial charge in [-0.05, 0) is 0 Å². The Bertz CT molecular complexity index is 49.8. The van der Waals surface area contributed by atoms with Crippen molar-refractivity contribution in [3.05, 3.63) is 0 Å². The normalized spacial score (nSPS) is 11.8. The Morgan fingerprint density at radius 2 is 1.20 bits per heavy atom. The second-order valence-electron chi connectivity index (χ2n) is 0.513. The maximum absolute atomic E-state index is 2.30. The Morgan fingerprint density at radius 3 is 1.20 bits per heavy atom. The third-order valence-electron chi connectivity index (χ3n) is 0. The van der Waals surface area contributed by atoms with E-state index in [2.05, 4.69) is 21.2 Å². The van der Waals surface area contributed by atoms with Crippen LogP contribution in [0.1, 0.15) is 0 Å². The van der Waals surface area contributed by atoms with Gasteiger partial charge in [0.05, 0.1) is 0 Å². The molecule has 0 aromatic carbocycles. The standard InChI is InChI=1S/H3PTe4/c2-1(3,4)5/h(H3,2,3,4,5). The SMILES string of the molecule is [Te]=P([TeH])([TeH])[TeH]. The van der Waals surface area contributed by atoms with Crippen molar-refractivity contribution in [3.8, 4) is 0 Å². The summed E-state index contributed by atoms with van der Waals surface area (Å²) < 4.78 is -0.229. The molecule has 0 saturated carbocycles. The average molecular weight is 544 g/mol. The first-order chi connectivity index (χ1) is 2.00. The van der Waals surface area contributed by atoms with Gasteiger partial charge in [0.15, 0.2) is 0 Å². The molecule has 0 aliphatic rings. The van der Waals surface area contributed by atoms with Crippen molar-refractivity contribution in [2.45, 2.75) is 0 Å². The number of hydrogen-bond acceptors (Lipinski definition) is 0. The van der Waals surface area contributed by atoms with Gasteiger partial charge in [-0.2, -0.15) is 0 Å². The zero-order valence-corrected chi connectivity index (χ0v) is 13.1. The molecule has 0 aliphatic heterocycles. The van der Waals surface area contributed by atoms with E-state index < -0.39 is 0 Å². The van der Waals surface area contributed by atoms with Gasteiger partial charge in [-0.15, -0.1) is 0 Å². The van der Waals surface area contributed by atoms with Crippen LogP contribution in [0.25, 0.3) is 0 Å². The molecule has 0 spiro atoms. The molecule has 5 heteroatoms. The molecule has 0 radical (unpaired) electrons. The van der Waals surface area contributed by atoms with Crippen LogP contribution >= 0.6 is -2.44 Å². The maximum atomic E-state index is 2.30. The van der Waals surface area contributed by atoms with Gasteiger partial charge in [0.2, 0.25) is 0 Å². The van der Waals surface area contributed by atoms with Crippen molar-refractivity contribution in [3.63, 3.8) is 0 Å². The fourth-order valence-corrected chi connectivity index (χ4v) is 0. The summed E-state index contributed by atoms with van der Waals surface area (Å²) in [6.07, 6.45) is 0. The van der Waals surface area contributed by atoms with Crippen LogP contribution in [-0.2, 0) is 0 Å². The van der Waals surface area contributed by atoms with E-state index in [4.69, 9.17) is 0 Å². The summed E-state index contributed by atoms with van der Waals surface area (Å²) in [7, 11) is 0. The molecule has 0 aromatic heterocycles. The van der Waals surface area contributed by atoms with Crippen LogP contribution in [0.4, 0.5) is 0 Å². The second kappa shape index (κ2) is 3.58. The fourth-order valence-electron chi connectivity index (χ4n) is 0. The van der Waals surface area contributed by atoms with Gasteiger partial charge in [-0.1, -0.05) is 0 Å². The monoisotopic (exact) mass is 554 g/mol. The number of hydrogen-bond donors (Lipinski definition) is 0. The molecule has 0 saturated heterocycles. The zero-order valence-electron chi connectivity index (χ0n) is 2.20. The summed E-state index contributed by atoms with van der Waals surface area (Å²) in [5.41, 5.74) is 0. The minimum absolute atomic E-state index is 0.229.